The van der Waals surface area contributed by atoms with E-state index < -0.39 is 11.9 Å². The van der Waals surface area contributed by atoms with Gasteiger partial charge in [0.2, 0.25) is 0 Å². The molecule has 164 valence electrons. The van der Waals surface area contributed by atoms with Crippen LogP contribution in [0.2, 0.25) is 10.0 Å². The van der Waals surface area contributed by atoms with Gasteiger partial charge in [0.25, 0.3) is 0 Å². The summed E-state index contributed by atoms with van der Waals surface area (Å²) in [6, 6.07) is 4.49. The van der Waals surface area contributed by atoms with Crippen molar-refractivity contribution in [3.63, 3.8) is 0 Å². The van der Waals surface area contributed by atoms with Crippen molar-refractivity contribution in [1.82, 2.24) is 14.8 Å². The monoisotopic (exact) mass is 466 g/mol. The maximum atomic E-state index is 13.9. The molecular formula is C21H21Cl2FN4O3. The summed E-state index contributed by atoms with van der Waals surface area (Å²) in [6.07, 6.45) is 5.46. The summed E-state index contributed by atoms with van der Waals surface area (Å²) in [7, 11) is 0. The van der Waals surface area contributed by atoms with Gasteiger partial charge in [-0.1, -0.05) is 23.2 Å². The molecule has 4 rings (SSSR count). The van der Waals surface area contributed by atoms with Gasteiger partial charge in [-0.15, -0.1) is 0 Å². The summed E-state index contributed by atoms with van der Waals surface area (Å²) < 4.78 is 32.5. The Labute approximate surface area is 188 Å². The predicted octanol–water partition coefficient (Wildman–Crippen LogP) is 5.05. The van der Waals surface area contributed by atoms with Gasteiger partial charge in [0.1, 0.15) is 18.7 Å². The Kier molecular flexibility index (Phi) is 6.62. The van der Waals surface area contributed by atoms with Crippen LogP contribution >= 0.6 is 23.2 Å². The van der Waals surface area contributed by atoms with E-state index in [4.69, 9.17) is 43.1 Å². The Morgan fingerprint density at radius 3 is 2.94 bits per heavy atom. The molecule has 1 aliphatic rings. The molecule has 7 nitrogen and oxygen atoms in total. The lowest BCUT2D eigenvalue weighted by molar-refractivity contribution is -0.0351. The maximum Gasteiger partial charge on any atom is 0.166 e. The zero-order valence-corrected chi connectivity index (χ0v) is 18.2. The molecular weight excluding hydrogens is 446 g/mol. The lowest BCUT2D eigenvalue weighted by Gasteiger charge is -2.19. The number of anilines is 1. The Bertz CT molecular complexity index is 1070. The highest BCUT2D eigenvalue weighted by Gasteiger charge is 2.21. The molecule has 1 saturated heterocycles. The minimum absolute atomic E-state index is 0.0847. The lowest BCUT2D eigenvalue weighted by Crippen LogP contribution is -2.14. The first-order valence-corrected chi connectivity index (χ1v) is 10.4. The van der Waals surface area contributed by atoms with E-state index in [0.717, 1.165) is 17.5 Å². The van der Waals surface area contributed by atoms with Gasteiger partial charge in [-0.25, -0.2) is 9.37 Å². The van der Waals surface area contributed by atoms with Gasteiger partial charge in [-0.3, -0.25) is 4.68 Å². The fourth-order valence-corrected chi connectivity index (χ4v) is 4.05. The minimum Gasteiger partial charge on any atom is -0.482 e. The summed E-state index contributed by atoms with van der Waals surface area (Å²) in [5.74, 6) is -0.0435. The van der Waals surface area contributed by atoms with Crippen molar-refractivity contribution in [2.75, 3.05) is 25.7 Å². The summed E-state index contributed by atoms with van der Waals surface area (Å²) in [4.78, 5) is 4.23. The number of benzene rings is 1. The third-order valence-corrected chi connectivity index (χ3v) is 5.77. The molecule has 2 aromatic heterocycles. The van der Waals surface area contributed by atoms with Crippen molar-refractivity contribution >= 4 is 29.0 Å². The number of rotatable bonds is 5. The molecule has 3 heterocycles. The van der Waals surface area contributed by atoms with Crippen molar-refractivity contribution in [3.05, 3.63) is 58.2 Å². The molecule has 0 amide bonds. The van der Waals surface area contributed by atoms with Crippen LogP contribution in [-0.2, 0) is 9.47 Å². The number of pyridine rings is 1. The second-order valence-corrected chi connectivity index (χ2v) is 7.96. The molecule has 2 atom stereocenters. The average Bonchev–Trinajstić information content (AvgIpc) is 3.08. The predicted molar refractivity (Wildman–Crippen MR) is 116 cm³/mol. The minimum atomic E-state index is -0.652. The van der Waals surface area contributed by atoms with E-state index in [9.17, 15) is 4.39 Å². The Morgan fingerprint density at radius 1 is 1.26 bits per heavy atom. The number of ether oxygens (including phenoxy) is 3. The van der Waals surface area contributed by atoms with Gasteiger partial charge >= 0.3 is 0 Å². The Hall–Kier alpha value is -2.39. The largest absolute Gasteiger partial charge is 0.482 e. The van der Waals surface area contributed by atoms with Crippen LogP contribution in [0.25, 0.3) is 11.1 Å². The number of nitrogen functional groups attached to an aromatic ring is 1. The molecule has 0 spiro atoms. The van der Waals surface area contributed by atoms with Gasteiger partial charge in [0.15, 0.2) is 11.6 Å². The van der Waals surface area contributed by atoms with Gasteiger partial charge in [-0.2, -0.15) is 5.10 Å². The number of nitrogens with zero attached hydrogens (tertiary/aromatic N) is 3. The van der Waals surface area contributed by atoms with Crippen LogP contribution in [0.4, 0.5) is 10.2 Å². The molecule has 1 aliphatic heterocycles. The highest BCUT2D eigenvalue weighted by molar-refractivity contribution is 6.36. The Balaban J connectivity index is 1.57. The van der Waals surface area contributed by atoms with E-state index >= 15 is 0 Å². The first-order chi connectivity index (χ1) is 14.9. The standard InChI is InChI=1S/C21H21Cl2FN4O3/c1-12(19-16(22)2-3-17(24)20(19)23)31-18-6-13(7-26-21(18)25)14-8-27-28(9-14)15-4-5-29-11-30-10-15/h2-3,6-9,12,15H,4-5,10-11H2,1H3,(H2,25,26). The first-order valence-electron chi connectivity index (χ1n) is 9.69. The van der Waals surface area contributed by atoms with Crippen LogP contribution in [0.5, 0.6) is 5.75 Å². The van der Waals surface area contributed by atoms with Crippen LogP contribution < -0.4 is 10.5 Å². The van der Waals surface area contributed by atoms with E-state index in [-0.39, 0.29) is 16.9 Å². The number of aromatic nitrogens is 3. The van der Waals surface area contributed by atoms with Crippen molar-refractivity contribution in [1.29, 1.82) is 0 Å². The smallest absolute Gasteiger partial charge is 0.166 e. The zero-order chi connectivity index (χ0) is 22.0. The SMILES string of the molecule is CC(Oc1cc(-c2cnn(C3CCOCOC3)c2)cnc1N)c1c(Cl)ccc(F)c1Cl. The van der Waals surface area contributed by atoms with Gasteiger partial charge in [-0.05, 0) is 31.5 Å². The van der Waals surface area contributed by atoms with Crippen molar-refractivity contribution in [2.45, 2.75) is 25.5 Å². The highest BCUT2D eigenvalue weighted by atomic mass is 35.5. The fraction of sp³-hybridized carbons (Fsp3) is 0.333. The Morgan fingerprint density at radius 2 is 2.10 bits per heavy atom. The van der Waals surface area contributed by atoms with Crippen LogP contribution in [0.3, 0.4) is 0 Å². The van der Waals surface area contributed by atoms with E-state index in [1.165, 1.54) is 12.1 Å². The van der Waals surface area contributed by atoms with E-state index in [1.54, 1.807) is 25.4 Å². The maximum absolute atomic E-state index is 13.9. The number of hydrogen-bond acceptors (Lipinski definition) is 6. The zero-order valence-electron chi connectivity index (χ0n) is 16.7. The molecule has 2 N–H and O–H groups in total. The molecule has 1 fully saturated rings. The van der Waals surface area contributed by atoms with E-state index in [1.807, 2.05) is 10.9 Å². The van der Waals surface area contributed by atoms with Gasteiger partial charge in [0, 0.05) is 34.1 Å². The second kappa shape index (κ2) is 9.40. The highest BCUT2D eigenvalue weighted by Crippen LogP contribution is 2.37. The molecule has 0 aliphatic carbocycles. The molecule has 3 aromatic rings. The van der Waals surface area contributed by atoms with Crippen molar-refractivity contribution in [2.24, 2.45) is 0 Å². The van der Waals surface area contributed by atoms with Crippen LogP contribution in [-0.4, -0.2) is 34.8 Å². The molecule has 1 aromatic carbocycles. The summed E-state index contributed by atoms with van der Waals surface area (Å²) in [5.41, 5.74) is 7.97. The van der Waals surface area contributed by atoms with Crippen LogP contribution in [0, 0.1) is 5.82 Å². The van der Waals surface area contributed by atoms with Crippen molar-refractivity contribution < 1.29 is 18.6 Å². The molecule has 0 saturated carbocycles. The van der Waals surface area contributed by atoms with E-state index in [2.05, 4.69) is 10.1 Å². The first kappa shape index (κ1) is 21.8. The molecule has 10 heteroatoms. The molecule has 31 heavy (non-hydrogen) atoms. The number of hydrogen-bond donors (Lipinski definition) is 1. The van der Waals surface area contributed by atoms with Crippen molar-refractivity contribution in [3.8, 4) is 16.9 Å². The molecule has 0 bridgehead atoms. The lowest BCUT2D eigenvalue weighted by atomic mass is 10.1. The number of nitrogens with two attached hydrogens (primary N) is 1. The molecule has 2 unspecified atom stereocenters. The van der Waals surface area contributed by atoms with Gasteiger partial charge < -0.3 is 19.9 Å². The van der Waals surface area contributed by atoms with Gasteiger partial charge in [0.05, 0.1) is 30.5 Å². The normalized spacial score (nSPS) is 17.9. The summed E-state index contributed by atoms with van der Waals surface area (Å²) >= 11 is 12.3. The third-order valence-electron chi connectivity index (χ3n) is 5.05. The molecule has 0 radical (unpaired) electrons. The number of halogens is 3. The van der Waals surface area contributed by atoms with Crippen LogP contribution in [0.15, 0.2) is 36.8 Å². The second-order valence-electron chi connectivity index (χ2n) is 7.17. The fourth-order valence-electron chi connectivity index (χ4n) is 3.37. The topological polar surface area (TPSA) is 84.4 Å². The quantitative estimate of drug-likeness (QED) is 0.529. The average molecular weight is 467 g/mol. The third kappa shape index (κ3) is 4.77. The summed E-state index contributed by atoms with van der Waals surface area (Å²) in [6.45, 7) is 3.15. The van der Waals surface area contributed by atoms with Crippen LogP contribution in [0.1, 0.15) is 31.1 Å². The van der Waals surface area contributed by atoms with E-state index in [0.29, 0.717) is 36.3 Å². The summed E-state index contributed by atoms with van der Waals surface area (Å²) in [5, 5.41) is 4.67.